The maximum absolute atomic E-state index is 9.22. The van der Waals surface area contributed by atoms with Crippen LogP contribution in [-0.4, -0.2) is 32.7 Å². The van der Waals surface area contributed by atoms with E-state index in [1.807, 2.05) is 37.4 Å². The normalized spacial score (nSPS) is 12.6. The van der Waals surface area contributed by atoms with Crippen molar-refractivity contribution < 1.29 is 5.11 Å². The summed E-state index contributed by atoms with van der Waals surface area (Å²) in [6.45, 7) is 2.90. The first kappa shape index (κ1) is 12.7. The van der Waals surface area contributed by atoms with E-state index < -0.39 is 0 Å². The summed E-state index contributed by atoms with van der Waals surface area (Å²) >= 11 is 0. The summed E-state index contributed by atoms with van der Waals surface area (Å²) in [5.74, 6) is 0. The molecule has 5 heteroatoms. The Kier molecular flexibility index (Phi) is 4.07. The van der Waals surface area contributed by atoms with Gasteiger partial charge in [-0.05, 0) is 6.92 Å². The molecule has 0 radical (unpaired) electrons. The van der Waals surface area contributed by atoms with E-state index in [0.717, 1.165) is 17.0 Å². The molecule has 5 nitrogen and oxygen atoms in total. The molecule has 0 amide bonds. The Morgan fingerprint density at radius 2 is 2.00 bits per heavy atom. The van der Waals surface area contributed by atoms with Crippen molar-refractivity contribution in [3.8, 4) is 11.3 Å². The van der Waals surface area contributed by atoms with Crippen molar-refractivity contribution in [1.29, 1.82) is 0 Å². The Hall–Kier alpha value is -1.72. The van der Waals surface area contributed by atoms with E-state index in [-0.39, 0.29) is 6.10 Å². The van der Waals surface area contributed by atoms with Gasteiger partial charge in [-0.3, -0.25) is 0 Å². The van der Waals surface area contributed by atoms with E-state index >= 15 is 0 Å². The van der Waals surface area contributed by atoms with E-state index in [2.05, 4.69) is 15.5 Å². The molecule has 1 atom stereocenters. The van der Waals surface area contributed by atoms with E-state index in [0.29, 0.717) is 13.1 Å². The number of nitrogens with zero attached hydrogens (tertiary/aromatic N) is 3. The predicted octanol–water partition coefficient (Wildman–Crippen LogP) is 0.952. The molecule has 2 aromatic rings. The van der Waals surface area contributed by atoms with Crippen LogP contribution in [0.2, 0.25) is 0 Å². The van der Waals surface area contributed by atoms with Crippen LogP contribution in [-0.2, 0) is 13.6 Å². The second kappa shape index (κ2) is 5.75. The van der Waals surface area contributed by atoms with Crippen LogP contribution in [0.15, 0.2) is 30.3 Å². The first-order valence-corrected chi connectivity index (χ1v) is 6.01. The van der Waals surface area contributed by atoms with Crippen LogP contribution in [0.3, 0.4) is 0 Å². The third-order valence-electron chi connectivity index (χ3n) is 2.56. The fourth-order valence-electron chi connectivity index (χ4n) is 1.79. The van der Waals surface area contributed by atoms with E-state index in [4.69, 9.17) is 0 Å². The number of aryl methyl sites for hydroxylation is 1. The number of nitrogens with one attached hydrogen (secondary N) is 1. The molecule has 0 spiro atoms. The highest BCUT2D eigenvalue weighted by Gasteiger charge is 2.11. The SMILES string of the molecule is CC(O)CNCc1nn(C)nc1-c1ccccc1. The minimum Gasteiger partial charge on any atom is -0.392 e. The molecule has 0 saturated heterocycles. The standard InChI is InChI=1S/C13H18N4O/c1-10(18)8-14-9-12-13(16-17(2)15-12)11-6-4-3-5-7-11/h3-7,10,14,18H,8-9H2,1-2H3. The average Bonchev–Trinajstić information content (AvgIpc) is 2.71. The number of rotatable bonds is 5. The average molecular weight is 246 g/mol. The summed E-state index contributed by atoms with van der Waals surface area (Å²) in [7, 11) is 1.81. The molecule has 1 unspecified atom stereocenters. The van der Waals surface area contributed by atoms with Crippen LogP contribution < -0.4 is 5.32 Å². The van der Waals surface area contributed by atoms with Crippen molar-refractivity contribution in [2.75, 3.05) is 6.54 Å². The van der Waals surface area contributed by atoms with Gasteiger partial charge in [0.05, 0.1) is 6.10 Å². The molecule has 1 heterocycles. The van der Waals surface area contributed by atoms with Gasteiger partial charge in [-0.2, -0.15) is 15.0 Å². The summed E-state index contributed by atoms with van der Waals surface area (Å²) in [5.41, 5.74) is 2.83. The molecule has 96 valence electrons. The second-order valence-corrected chi connectivity index (χ2v) is 4.33. The molecule has 18 heavy (non-hydrogen) atoms. The van der Waals surface area contributed by atoms with Crippen LogP contribution >= 0.6 is 0 Å². The smallest absolute Gasteiger partial charge is 0.117 e. The lowest BCUT2D eigenvalue weighted by Crippen LogP contribution is -2.24. The highest BCUT2D eigenvalue weighted by molar-refractivity contribution is 5.60. The number of aliphatic hydroxyl groups is 1. The molecular formula is C13H18N4O. The zero-order chi connectivity index (χ0) is 13.0. The van der Waals surface area contributed by atoms with Crippen molar-refractivity contribution >= 4 is 0 Å². The molecule has 0 aliphatic rings. The van der Waals surface area contributed by atoms with Gasteiger partial charge in [-0.15, -0.1) is 0 Å². The van der Waals surface area contributed by atoms with Gasteiger partial charge in [-0.1, -0.05) is 30.3 Å². The second-order valence-electron chi connectivity index (χ2n) is 4.33. The predicted molar refractivity (Wildman–Crippen MR) is 69.8 cm³/mol. The van der Waals surface area contributed by atoms with E-state index in [1.54, 1.807) is 11.7 Å². The number of aromatic nitrogens is 3. The van der Waals surface area contributed by atoms with Gasteiger partial charge in [0.15, 0.2) is 0 Å². The fourth-order valence-corrected chi connectivity index (χ4v) is 1.79. The summed E-state index contributed by atoms with van der Waals surface area (Å²) in [4.78, 5) is 1.57. The maximum atomic E-state index is 9.22. The van der Waals surface area contributed by atoms with Gasteiger partial charge in [0.2, 0.25) is 0 Å². The van der Waals surface area contributed by atoms with Crippen molar-refractivity contribution in [2.45, 2.75) is 19.6 Å². The van der Waals surface area contributed by atoms with Gasteiger partial charge >= 0.3 is 0 Å². The monoisotopic (exact) mass is 246 g/mol. The van der Waals surface area contributed by atoms with Crippen LogP contribution in [0, 0.1) is 0 Å². The molecule has 0 bridgehead atoms. The molecule has 0 fully saturated rings. The summed E-state index contributed by atoms with van der Waals surface area (Å²) in [5, 5.41) is 21.1. The molecule has 0 saturated carbocycles. The molecular weight excluding hydrogens is 228 g/mol. The van der Waals surface area contributed by atoms with Gasteiger partial charge < -0.3 is 10.4 Å². The Bertz CT molecular complexity index is 493. The van der Waals surface area contributed by atoms with Crippen LogP contribution in [0.4, 0.5) is 0 Å². The zero-order valence-electron chi connectivity index (χ0n) is 10.7. The van der Waals surface area contributed by atoms with Gasteiger partial charge in [-0.25, -0.2) is 0 Å². The van der Waals surface area contributed by atoms with E-state index in [9.17, 15) is 5.11 Å². The Balaban J connectivity index is 2.16. The summed E-state index contributed by atoms with van der Waals surface area (Å²) in [6, 6.07) is 9.98. The van der Waals surface area contributed by atoms with Crippen molar-refractivity contribution in [3.05, 3.63) is 36.0 Å². The molecule has 1 aromatic heterocycles. The van der Waals surface area contributed by atoms with Crippen LogP contribution in [0.25, 0.3) is 11.3 Å². The number of hydrogen-bond donors (Lipinski definition) is 2. The lowest BCUT2D eigenvalue weighted by Gasteiger charge is -2.05. The lowest BCUT2D eigenvalue weighted by molar-refractivity contribution is 0.191. The Morgan fingerprint density at radius 3 is 2.67 bits per heavy atom. The molecule has 2 N–H and O–H groups in total. The van der Waals surface area contributed by atoms with Crippen LogP contribution in [0.1, 0.15) is 12.6 Å². The third-order valence-corrected chi connectivity index (χ3v) is 2.56. The zero-order valence-corrected chi connectivity index (χ0v) is 10.7. The summed E-state index contributed by atoms with van der Waals surface area (Å²) < 4.78 is 0. The lowest BCUT2D eigenvalue weighted by atomic mass is 10.1. The quantitative estimate of drug-likeness (QED) is 0.824. The first-order valence-electron chi connectivity index (χ1n) is 6.01. The molecule has 2 rings (SSSR count). The number of hydrogen-bond acceptors (Lipinski definition) is 4. The highest BCUT2D eigenvalue weighted by atomic mass is 16.3. The number of benzene rings is 1. The maximum Gasteiger partial charge on any atom is 0.117 e. The Labute approximate surface area is 106 Å². The van der Waals surface area contributed by atoms with Gasteiger partial charge in [0, 0.05) is 25.7 Å². The third kappa shape index (κ3) is 3.15. The van der Waals surface area contributed by atoms with Crippen molar-refractivity contribution in [1.82, 2.24) is 20.3 Å². The van der Waals surface area contributed by atoms with Gasteiger partial charge in [0.1, 0.15) is 11.4 Å². The van der Waals surface area contributed by atoms with Gasteiger partial charge in [0.25, 0.3) is 0 Å². The van der Waals surface area contributed by atoms with E-state index in [1.165, 1.54) is 0 Å². The topological polar surface area (TPSA) is 63.0 Å². The first-order chi connectivity index (χ1) is 8.66. The summed E-state index contributed by atoms with van der Waals surface area (Å²) in [6.07, 6.45) is -0.359. The minimum absolute atomic E-state index is 0.359. The molecule has 0 aliphatic carbocycles. The largest absolute Gasteiger partial charge is 0.392 e. The molecule has 1 aromatic carbocycles. The van der Waals surface area contributed by atoms with Crippen molar-refractivity contribution in [3.63, 3.8) is 0 Å². The number of aliphatic hydroxyl groups excluding tert-OH is 1. The highest BCUT2D eigenvalue weighted by Crippen LogP contribution is 2.19. The molecule has 0 aliphatic heterocycles. The minimum atomic E-state index is -0.359. The Morgan fingerprint density at radius 1 is 1.28 bits per heavy atom. The van der Waals surface area contributed by atoms with Crippen molar-refractivity contribution in [2.24, 2.45) is 7.05 Å². The fraction of sp³-hybridized carbons (Fsp3) is 0.385. The van der Waals surface area contributed by atoms with Crippen LogP contribution in [0.5, 0.6) is 0 Å².